The van der Waals surface area contributed by atoms with E-state index in [2.05, 4.69) is 5.32 Å². The molecule has 0 aliphatic carbocycles. The van der Waals surface area contributed by atoms with E-state index in [4.69, 9.17) is 5.10 Å². The molecule has 1 aliphatic heterocycles. The summed E-state index contributed by atoms with van der Waals surface area (Å²) in [7, 11) is -3.68. The first-order valence-electron chi connectivity index (χ1n) is 13.7. The van der Waals surface area contributed by atoms with Gasteiger partial charge in [0.15, 0.2) is 0 Å². The molecule has 0 atom stereocenters. The molecule has 8 nitrogen and oxygen atoms in total. The largest absolute Gasteiger partial charge is 0.347 e. The van der Waals surface area contributed by atoms with Crippen LogP contribution >= 0.6 is 0 Å². The Kier molecular flexibility index (Phi) is 8.73. The second kappa shape index (κ2) is 12.8. The van der Waals surface area contributed by atoms with E-state index in [1.165, 1.54) is 6.08 Å². The van der Waals surface area contributed by atoms with Crippen LogP contribution in [-0.2, 0) is 21.4 Å². The topological polar surface area (TPSA) is 108 Å². The summed E-state index contributed by atoms with van der Waals surface area (Å²) in [6, 6.07) is 27.6. The summed E-state index contributed by atoms with van der Waals surface area (Å²) in [6.45, 7) is 1.30. The Morgan fingerprint density at radius 2 is 1.61 bits per heavy atom. The van der Waals surface area contributed by atoms with E-state index in [1.807, 2.05) is 66.7 Å². The maximum Gasteiger partial charge on any atom is 0.262 e. The van der Waals surface area contributed by atoms with Crippen LogP contribution in [-0.4, -0.2) is 41.5 Å². The minimum atomic E-state index is -3.68. The SMILES string of the molecule is N#CC(=Cc1cn(-c2ccccc2)nc1-c1cccc(S(=O)(=O)N2CCCCCC2)c1)C(=O)NCc1ccccc1. The normalized spacial score (nSPS) is 14.7. The van der Waals surface area contributed by atoms with Crippen LogP contribution in [0.2, 0.25) is 0 Å². The first-order valence-corrected chi connectivity index (χ1v) is 15.1. The van der Waals surface area contributed by atoms with Gasteiger partial charge in [-0.3, -0.25) is 4.79 Å². The molecule has 1 amide bonds. The predicted molar refractivity (Wildman–Crippen MR) is 158 cm³/mol. The first kappa shape index (κ1) is 28.0. The summed E-state index contributed by atoms with van der Waals surface area (Å²) < 4.78 is 30.3. The number of para-hydroxylation sites is 1. The number of carbonyl (C=O) groups excluding carboxylic acids is 1. The van der Waals surface area contributed by atoms with Gasteiger partial charge in [-0.05, 0) is 48.7 Å². The molecule has 4 aromatic rings. The lowest BCUT2D eigenvalue weighted by atomic mass is 10.1. The highest BCUT2D eigenvalue weighted by Crippen LogP contribution is 2.29. The van der Waals surface area contributed by atoms with Crippen LogP contribution in [0.5, 0.6) is 0 Å². The Hall–Kier alpha value is -4.52. The second-order valence-corrected chi connectivity index (χ2v) is 11.8. The Bertz CT molecular complexity index is 1680. The van der Waals surface area contributed by atoms with Gasteiger partial charge in [0.05, 0.1) is 10.6 Å². The molecular formula is C32H31N5O3S. The number of nitriles is 1. The lowest BCUT2D eigenvalue weighted by Gasteiger charge is -2.20. The Morgan fingerprint density at radius 3 is 2.29 bits per heavy atom. The van der Waals surface area contributed by atoms with Gasteiger partial charge in [-0.15, -0.1) is 0 Å². The van der Waals surface area contributed by atoms with Crippen molar-refractivity contribution in [1.82, 2.24) is 19.4 Å². The zero-order chi connectivity index (χ0) is 28.7. The highest BCUT2D eigenvalue weighted by molar-refractivity contribution is 7.89. The van der Waals surface area contributed by atoms with Gasteiger partial charge < -0.3 is 5.32 Å². The van der Waals surface area contributed by atoms with Crippen molar-refractivity contribution >= 4 is 22.0 Å². The van der Waals surface area contributed by atoms with Crippen molar-refractivity contribution in [3.63, 3.8) is 0 Å². The highest BCUT2D eigenvalue weighted by Gasteiger charge is 2.26. The maximum absolute atomic E-state index is 13.5. The quantitative estimate of drug-likeness (QED) is 0.230. The molecule has 3 aromatic carbocycles. The van der Waals surface area contributed by atoms with Crippen molar-refractivity contribution < 1.29 is 13.2 Å². The molecule has 9 heteroatoms. The fourth-order valence-electron chi connectivity index (χ4n) is 4.84. The van der Waals surface area contributed by atoms with Crippen molar-refractivity contribution in [2.75, 3.05) is 13.1 Å². The molecule has 5 rings (SSSR count). The molecule has 0 bridgehead atoms. The third-order valence-electron chi connectivity index (χ3n) is 7.03. The number of hydrogen-bond acceptors (Lipinski definition) is 5. The summed E-state index contributed by atoms with van der Waals surface area (Å²) in [5, 5.41) is 17.4. The Labute approximate surface area is 240 Å². The molecule has 0 saturated carbocycles. The van der Waals surface area contributed by atoms with Crippen LogP contribution in [0.1, 0.15) is 36.8 Å². The van der Waals surface area contributed by atoms with Crippen LogP contribution in [0.15, 0.2) is 102 Å². The Morgan fingerprint density at radius 1 is 0.927 bits per heavy atom. The van der Waals surface area contributed by atoms with Gasteiger partial charge in [0.25, 0.3) is 5.91 Å². The van der Waals surface area contributed by atoms with Gasteiger partial charge in [0.1, 0.15) is 17.3 Å². The summed E-state index contributed by atoms with van der Waals surface area (Å²) in [6.07, 6.45) is 6.98. The number of nitrogens with zero attached hydrogens (tertiary/aromatic N) is 4. The van der Waals surface area contributed by atoms with Gasteiger partial charge in [-0.2, -0.15) is 14.7 Å². The molecule has 2 heterocycles. The fourth-order valence-corrected chi connectivity index (χ4v) is 6.41. The summed E-state index contributed by atoms with van der Waals surface area (Å²) >= 11 is 0. The smallest absolute Gasteiger partial charge is 0.262 e. The van der Waals surface area contributed by atoms with Crippen molar-refractivity contribution in [2.24, 2.45) is 0 Å². The second-order valence-electron chi connectivity index (χ2n) is 9.90. The Balaban J connectivity index is 1.52. The van der Waals surface area contributed by atoms with Gasteiger partial charge >= 0.3 is 0 Å². The van der Waals surface area contributed by atoms with E-state index < -0.39 is 15.9 Å². The number of rotatable bonds is 8. The van der Waals surface area contributed by atoms with Crippen molar-refractivity contribution in [3.05, 3.63) is 108 Å². The molecule has 208 valence electrons. The summed E-state index contributed by atoms with van der Waals surface area (Å²) in [5.74, 6) is -0.507. The molecule has 1 saturated heterocycles. The standard InChI is InChI=1S/C32H31N5O3S/c33-22-27(32(38)34-23-25-12-5-3-6-13-25)20-28-24-37(29-15-7-4-8-16-29)35-31(28)26-14-11-17-30(21-26)41(39,40)36-18-9-1-2-10-19-36/h3-8,11-17,20-21,24H,1-2,9-10,18-19,23H2,(H,34,38). The number of carbonyl (C=O) groups is 1. The zero-order valence-corrected chi connectivity index (χ0v) is 23.4. The highest BCUT2D eigenvalue weighted by atomic mass is 32.2. The summed E-state index contributed by atoms with van der Waals surface area (Å²) in [4.78, 5) is 13.1. The molecule has 0 radical (unpaired) electrons. The lowest BCUT2D eigenvalue weighted by molar-refractivity contribution is -0.117. The minimum Gasteiger partial charge on any atom is -0.347 e. The van der Waals surface area contributed by atoms with Crippen LogP contribution in [0, 0.1) is 11.3 Å². The van der Waals surface area contributed by atoms with Crippen molar-refractivity contribution in [2.45, 2.75) is 37.1 Å². The number of amides is 1. The fraction of sp³-hybridized carbons (Fsp3) is 0.219. The third kappa shape index (κ3) is 6.62. The number of hydrogen-bond donors (Lipinski definition) is 1. The number of aromatic nitrogens is 2. The van der Waals surface area contributed by atoms with Gasteiger partial charge in [-0.1, -0.05) is 73.5 Å². The van der Waals surface area contributed by atoms with Crippen LogP contribution in [0.25, 0.3) is 23.0 Å². The van der Waals surface area contributed by atoms with Gasteiger partial charge in [-0.25, -0.2) is 13.1 Å². The minimum absolute atomic E-state index is 0.0804. The average Bonchev–Trinajstić information content (AvgIpc) is 3.23. The number of benzene rings is 3. The van der Waals surface area contributed by atoms with Gasteiger partial charge in [0, 0.05) is 37.0 Å². The van der Waals surface area contributed by atoms with Crippen molar-refractivity contribution in [1.29, 1.82) is 5.26 Å². The van der Waals surface area contributed by atoms with E-state index >= 15 is 0 Å². The van der Waals surface area contributed by atoms with Crippen LogP contribution in [0.4, 0.5) is 0 Å². The third-order valence-corrected chi connectivity index (χ3v) is 8.93. The van der Waals surface area contributed by atoms with E-state index in [9.17, 15) is 18.5 Å². The maximum atomic E-state index is 13.5. The van der Waals surface area contributed by atoms with Crippen molar-refractivity contribution in [3.8, 4) is 23.0 Å². The molecule has 41 heavy (non-hydrogen) atoms. The van der Waals surface area contributed by atoms with E-state index in [-0.39, 0.29) is 17.0 Å². The lowest BCUT2D eigenvalue weighted by Crippen LogP contribution is -2.31. The molecule has 1 fully saturated rings. The van der Waals surface area contributed by atoms with E-state index in [0.29, 0.717) is 29.9 Å². The van der Waals surface area contributed by atoms with Crippen LogP contribution < -0.4 is 5.32 Å². The monoisotopic (exact) mass is 565 g/mol. The number of nitrogens with one attached hydrogen (secondary N) is 1. The molecule has 0 spiro atoms. The van der Waals surface area contributed by atoms with E-state index in [1.54, 1.807) is 39.4 Å². The average molecular weight is 566 g/mol. The van der Waals surface area contributed by atoms with E-state index in [0.717, 1.165) is 36.9 Å². The van der Waals surface area contributed by atoms with Gasteiger partial charge in [0.2, 0.25) is 10.0 Å². The summed E-state index contributed by atoms with van der Waals surface area (Å²) in [5.41, 5.74) is 3.17. The molecule has 0 unspecified atom stereocenters. The molecule has 1 aromatic heterocycles. The zero-order valence-electron chi connectivity index (χ0n) is 22.6. The first-order chi connectivity index (χ1) is 20.0. The molecule has 1 aliphatic rings. The molecular weight excluding hydrogens is 534 g/mol. The van der Waals surface area contributed by atoms with Crippen LogP contribution in [0.3, 0.4) is 0 Å². The number of sulfonamides is 1. The molecule has 1 N–H and O–H groups in total. The predicted octanol–water partition coefficient (Wildman–Crippen LogP) is 5.33.